The van der Waals surface area contributed by atoms with Crippen molar-refractivity contribution in [3.8, 4) is 0 Å². The molecule has 1 aromatic carbocycles. The van der Waals surface area contributed by atoms with E-state index in [1.54, 1.807) is 4.90 Å². The van der Waals surface area contributed by atoms with Crippen molar-refractivity contribution in [3.05, 3.63) is 28.8 Å². The molecule has 1 aromatic rings. The summed E-state index contributed by atoms with van der Waals surface area (Å²) < 4.78 is 0. The number of nitrogens with one attached hydrogen (secondary N) is 1. The highest BCUT2D eigenvalue weighted by atomic mass is 35.5. The lowest BCUT2D eigenvalue weighted by Gasteiger charge is -2.19. The molecule has 0 atom stereocenters. The van der Waals surface area contributed by atoms with E-state index >= 15 is 0 Å². The van der Waals surface area contributed by atoms with Gasteiger partial charge >= 0.3 is 0 Å². The predicted molar refractivity (Wildman–Crippen MR) is 72.6 cm³/mol. The molecule has 0 aliphatic carbocycles. The van der Waals surface area contributed by atoms with Crippen molar-refractivity contribution in [3.63, 3.8) is 0 Å². The number of carbonyl (C=O) groups is 1. The van der Waals surface area contributed by atoms with Gasteiger partial charge in [-0.1, -0.05) is 17.7 Å². The van der Waals surface area contributed by atoms with Gasteiger partial charge in [0.15, 0.2) is 0 Å². The largest absolute Gasteiger partial charge is 0.375 e. The molecular formula is C13H19ClN2O. The van der Waals surface area contributed by atoms with E-state index in [1.807, 2.05) is 39.0 Å². The van der Waals surface area contributed by atoms with Gasteiger partial charge in [0.2, 0.25) is 5.91 Å². The zero-order valence-electron chi connectivity index (χ0n) is 10.6. The Hall–Kier alpha value is -1.22. The third-order valence-corrected chi connectivity index (χ3v) is 3.00. The Kier molecular flexibility index (Phi) is 5.29. The topological polar surface area (TPSA) is 32.3 Å². The molecule has 0 spiro atoms. The maximum absolute atomic E-state index is 11.8. The lowest BCUT2D eigenvalue weighted by Crippen LogP contribution is -2.35. The van der Waals surface area contributed by atoms with Crippen LogP contribution in [0.3, 0.4) is 0 Å². The maximum Gasteiger partial charge on any atom is 0.241 e. The molecule has 3 nitrogen and oxygen atoms in total. The molecule has 1 N–H and O–H groups in total. The van der Waals surface area contributed by atoms with Crippen molar-refractivity contribution in [1.29, 1.82) is 0 Å². The van der Waals surface area contributed by atoms with E-state index in [-0.39, 0.29) is 12.5 Å². The average molecular weight is 255 g/mol. The molecular weight excluding hydrogens is 236 g/mol. The number of benzene rings is 1. The summed E-state index contributed by atoms with van der Waals surface area (Å²) in [6.07, 6.45) is 0. The van der Waals surface area contributed by atoms with Crippen LogP contribution in [-0.2, 0) is 4.79 Å². The van der Waals surface area contributed by atoms with Gasteiger partial charge in [-0.05, 0) is 38.5 Å². The van der Waals surface area contributed by atoms with Crippen molar-refractivity contribution >= 4 is 23.2 Å². The Labute approximate surface area is 108 Å². The first-order chi connectivity index (χ1) is 8.08. The van der Waals surface area contributed by atoms with E-state index in [0.29, 0.717) is 5.02 Å². The van der Waals surface area contributed by atoms with E-state index in [4.69, 9.17) is 11.6 Å². The fraction of sp³-hybridized carbons (Fsp3) is 0.462. The molecule has 0 aliphatic rings. The van der Waals surface area contributed by atoms with E-state index in [2.05, 4.69) is 5.32 Å². The second-order valence-electron chi connectivity index (χ2n) is 3.90. The number of amides is 1. The number of likely N-dealkylation sites (N-methyl/N-ethyl adjacent to an activating group) is 1. The number of nitrogens with zero attached hydrogens (tertiary/aromatic N) is 1. The molecule has 1 amide bonds. The second-order valence-corrected chi connectivity index (χ2v) is 4.31. The molecule has 0 saturated heterocycles. The first kappa shape index (κ1) is 13.8. The Morgan fingerprint density at radius 3 is 2.59 bits per heavy atom. The van der Waals surface area contributed by atoms with Crippen LogP contribution in [0.15, 0.2) is 18.2 Å². The number of halogens is 1. The minimum absolute atomic E-state index is 0.0903. The lowest BCUT2D eigenvalue weighted by atomic mass is 10.2. The predicted octanol–water partition coefficient (Wildman–Crippen LogP) is 2.93. The van der Waals surface area contributed by atoms with Gasteiger partial charge in [0.25, 0.3) is 0 Å². The average Bonchev–Trinajstić information content (AvgIpc) is 2.32. The van der Waals surface area contributed by atoms with Gasteiger partial charge in [0.05, 0.1) is 17.3 Å². The van der Waals surface area contributed by atoms with E-state index in [1.165, 1.54) is 0 Å². The SMILES string of the molecule is CCN(CC)C(=O)CNc1cc(C)ccc1Cl. The lowest BCUT2D eigenvalue weighted by molar-refractivity contribution is -0.128. The summed E-state index contributed by atoms with van der Waals surface area (Å²) in [5.41, 5.74) is 1.93. The summed E-state index contributed by atoms with van der Waals surface area (Å²) in [5, 5.41) is 3.72. The van der Waals surface area contributed by atoms with Crippen molar-refractivity contribution in [2.75, 3.05) is 25.0 Å². The molecule has 94 valence electrons. The van der Waals surface area contributed by atoms with Gasteiger partial charge in [0, 0.05) is 13.1 Å². The highest BCUT2D eigenvalue weighted by Crippen LogP contribution is 2.22. The summed E-state index contributed by atoms with van der Waals surface area (Å²) in [5.74, 6) is 0.0903. The fourth-order valence-electron chi connectivity index (χ4n) is 1.63. The zero-order valence-corrected chi connectivity index (χ0v) is 11.3. The van der Waals surface area contributed by atoms with E-state index < -0.39 is 0 Å². The van der Waals surface area contributed by atoms with E-state index in [9.17, 15) is 4.79 Å². The number of rotatable bonds is 5. The first-order valence-electron chi connectivity index (χ1n) is 5.86. The van der Waals surface area contributed by atoms with Gasteiger partial charge in [-0.15, -0.1) is 0 Å². The molecule has 0 unspecified atom stereocenters. The molecule has 0 saturated carbocycles. The molecule has 1 rings (SSSR count). The van der Waals surface area contributed by atoms with Gasteiger partial charge in [-0.3, -0.25) is 4.79 Å². The summed E-state index contributed by atoms with van der Waals surface area (Å²) in [6, 6.07) is 5.72. The van der Waals surface area contributed by atoms with Gasteiger partial charge in [-0.25, -0.2) is 0 Å². The van der Waals surface area contributed by atoms with Gasteiger partial charge in [0.1, 0.15) is 0 Å². The van der Waals surface area contributed by atoms with Crippen molar-refractivity contribution in [2.24, 2.45) is 0 Å². The number of anilines is 1. The molecule has 0 radical (unpaired) electrons. The minimum atomic E-state index is 0.0903. The highest BCUT2D eigenvalue weighted by Gasteiger charge is 2.09. The standard InChI is InChI=1S/C13H19ClN2O/c1-4-16(5-2)13(17)9-15-12-8-10(3)6-7-11(12)14/h6-8,15H,4-5,9H2,1-3H3. The van der Waals surface area contributed by atoms with Crippen LogP contribution < -0.4 is 5.32 Å². The summed E-state index contributed by atoms with van der Waals surface area (Å²) in [4.78, 5) is 13.6. The van der Waals surface area contributed by atoms with Crippen LogP contribution in [0.4, 0.5) is 5.69 Å². The summed E-state index contributed by atoms with van der Waals surface area (Å²) in [6.45, 7) is 7.69. The number of carbonyl (C=O) groups excluding carboxylic acids is 1. The third-order valence-electron chi connectivity index (χ3n) is 2.67. The molecule has 0 fully saturated rings. The van der Waals surface area contributed by atoms with Gasteiger partial charge < -0.3 is 10.2 Å². The third kappa shape index (κ3) is 3.93. The minimum Gasteiger partial charge on any atom is -0.375 e. The van der Waals surface area contributed by atoms with Crippen LogP contribution in [0.25, 0.3) is 0 Å². The molecule has 17 heavy (non-hydrogen) atoms. The van der Waals surface area contributed by atoms with Crippen molar-refractivity contribution < 1.29 is 4.79 Å². The van der Waals surface area contributed by atoms with Crippen LogP contribution in [0, 0.1) is 6.92 Å². The van der Waals surface area contributed by atoms with Crippen molar-refractivity contribution in [1.82, 2.24) is 4.90 Å². The Bertz CT molecular complexity index is 389. The maximum atomic E-state index is 11.8. The number of aryl methyl sites for hydroxylation is 1. The second kappa shape index (κ2) is 6.50. The molecule has 0 aromatic heterocycles. The monoisotopic (exact) mass is 254 g/mol. The molecule has 0 bridgehead atoms. The number of hydrogen-bond acceptors (Lipinski definition) is 2. The van der Waals surface area contributed by atoms with Crippen LogP contribution in [0.5, 0.6) is 0 Å². The smallest absolute Gasteiger partial charge is 0.241 e. The Balaban J connectivity index is 2.61. The molecule has 0 heterocycles. The van der Waals surface area contributed by atoms with Crippen LogP contribution in [-0.4, -0.2) is 30.4 Å². The van der Waals surface area contributed by atoms with E-state index in [0.717, 1.165) is 24.3 Å². The molecule has 4 heteroatoms. The normalized spacial score (nSPS) is 10.1. The van der Waals surface area contributed by atoms with Crippen LogP contribution in [0.1, 0.15) is 19.4 Å². The Morgan fingerprint density at radius 1 is 1.35 bits per heavy atom. The Morgan fingerprint density at radius 2 is 2.00 bits per heavy atom. The fourth-order valence-corrected chi connectivity index (χ4v) is 1.82. The highest BCUT2D eigenvalue weighted by molar-refractivity contribution is 6.33. The quantitative estimate of drug-likeness (QED) is 0.876. The zero-order chi connectivity index (χ0) is 12.8. The van der Waals surface area contributed by atoms with Crippen LogP contribution >= 0.6 is 11.6 Å². The van der Waals surface area contributed by atoms with Crippen molar-refractivity contribution in [2.45, 2.75) is 20.8 Å². The molecule has 0 aliphatic heterocycles. The van der Waals surface area contributed by atoms with Gasteiger partial charge in [-0.2, -0.15) is 0 Å². The first-order valence-corrected chi connectivity index (χ1v) is 6.24. The number of hydrogen-bond donors (Lipinski definition) is 1. The summed E-state index contributed by atoms with van der Waals surface area (Å²) >= 11 is 6.04. The summed E-state index contributed by atoms with van der Waals surface area (Å²) in [7, 11) is 0. The van der Waals surface area contributed by atoms with Crippen LogP contribution in [0.2, 0.25) is 5.02 Å².